The highest BCUT2D eigenvalue weighted by Crippen LogP contribution is 2.25. The Hall–Kier alpha value is -2.24. The largest absolute Gasteiger partial charge is 0.493 e. The van der Waals surface area contributed by atoms with Gasteiger partial charge in [-0.05, 0) is 19.1 Å². The van der Waals surface area contributed by atoms with Crippen molar-refractivity contribution in [2.24, 2.45) is 0 Å². The molecule has 1 unspecified atom stereocenters. The van der Waals surface area contributed by atoms with Crippen LogP contribution in [-0.2, 0) is 9.59 Å². The van der Waals surface area contributed by atoms with Gasteiger partial charge >= 0.3 is 0 Å². The Morgan fingerprint density at radius 3 is 2.80 bits per heavy atom. The number of para-hydroxylation sites is 2. The third kappa shape index (κ3) is 3.01. The van der Waals surface area contributed by atoms with Crippen molar-refractivity contribution in [3.63, 3.8) is 0 Å². The van der Waals surface area contributed by atoms with Crippen LogP contribution in [0.2, 0.25) is 0 Å². The first-order chi connectivity index (χ1) is 9.63. The lowest BCUT2D eigenvalue weighted by Gasteiger charge is -2.32. The van der Waals surface area contributed by atoms with Crippen LogP contribution in [0.1, 0.15) is 6.92 Å². The second kappa shape index (κ2) is 6.27. The fourth-order valence-electron chi connectivity index (χ4n) is 2.08. The minimum absolute atomic E-state index is 0.113. The van der Waals surface area contributed by atoms with Gasteiger partial charge in [-0.1, -0.05) is 12.1 Å². The molecule has 20 heavy (non-hydrogen) atoms. The highest BCUT2D eigenvalue weighted by molar-refractivity contribution is 5.89. The van der Waals surface area contributed by atoms with Crippen LogP contribution in [-0.4, -0.2) is 49.6 Å². The van der Waals surface area contributed by atoms with Crippen molar-refractivity contribution in [2.75, 3.05) is 26.8 Å². The quantitative estimate of drug-likeness (QED) is 0.867. The Bertz CT molecular complexity index is 504. The van der Waals surface area contributed by atoms with Gasteiger partial charge < -0.3 is 19.7 Å². The van der Waals surface area contributed by atoms with Crippen molar-refractivity contribution in [3.05, 3.63) is 24.3 Å². The minimum atomic E-state index is -0.461. The summed E-state index contributed by atoms with van der Waals surface area (Å²) in [5, 5.41) is 2.72. The first-order valence-electron chi connectivity index (χ1n) is 6.46. The second-order valence-electron chi connectivity index (χ2n) is 4.49. The molecule has 1 aliphatic heterocycles. The van der Waals surface area contributed by atoms with Gasteiger partial charge in [0.05, 0.1) is 7.11 Å². The number of carbonyl (C=O) groups is 2. The predicted octanol–water partition coefficient (Wildman–Crippen LogP) is 0.421. The molecule has 6 heteroatoms. The summed E-state index contributed by atoms with van der Waals surface area (Å²) in [6.07, 6.45) is 0. The van der Waals surface area contributed by atoms with Crippen molar-refractivity contribution < 1.29 is 19.1 Å². The molecule has 1 N–H and O–H groups in total. The Labute approximate surface area is 117 Å². The molecular formula is C14H18N2O4. The van der Waals surface area contributed by atoms with E-state index in [1.54, 1.807) is 32.2 Å². The van der Waals surface area contributed by atoms with Crippen molar-refractivity contribution in [1.82, 2.24) is 10.2 Å². The standard InChI is InChI=1S/C14H18N2O4/c1-10-14(18)15-7-8-16(10)13(17)9-20-12-6-4-3-5-11(12)19-2/h3-6,10H,7-9H2,1-2H3,(H,15,18). The molecule has 0 spiro atoms. The van der Waals surface area contributed by atoms with E-state index in [2.05, 4.69) is 5.32 Å². The first-order valence-corrected chi connectivity index (χ1v) is 6.46. The zero-order chi connectivity index (χ0) is 14.5. The molecule has 1 saturated heterocycles. The maximum Gasteiger partial charge on any atom is 0.261 e. The van der Waals surface area contributed by atoms with E-state index in [0.717, 1.165) is 0 Å². The van der Waals surface area contributed by atoms with Crippen molar-refractivity contribution >= 4 is 11.8 Å². The number of nitrogens with zero attached hydrogens (tertiary/aromatic N) is 1. The van der Waals surface area contributed by atoms with Crippen LogP contribution in [0.25, 0.3) is 0 Å². The summed E-state index contributed by atoms with van der Waals surface area (Å²) in [5.41, 5.74) is 0. The SMILES string of the molecule is COc1ccccc1OCC(=O)N1CCNC(=O)C1C. The molecular weight excluding hydrogens is 260 g/mol. The average Bonchev–Trinajstić information content (AvgIpc) is 2.48. The average molecular weight is 278 g/mol. The molecule has 1 aliphatic rings. The number of rotatable bonds is 4. The molecule has 0 radical (unpaired) electrons. The Morgan fingerprint density at radius 2 is 2.10 bits per heavy atom. The zero-order valence-corrected chi connectivity index (χ0v) is 11.6. The van der Waals surface area contributed by atoms with Gasteiger partial charge in [0.15, 0.2) is 18.1 Å². The number of hydrogen-bond donors (Lipinski definition) is 1. The molecule has 1 aromatic carbocycles. The Balaban J connectivity index is 1.96. The van der Waals surface area contributed by atoms with Crippen LogP contribution in [0.3, 0.4) is 0 Å². The Kier molecular flexibility index (Phi) is 4.45. The van der Waals surface area contributed by atoms with E-state index in [9.17, 15) is 9.59 Å². The van der Waals surface area contributed by atoms with Gasteiger partial charge in [-0.2, -0.15) is 0 Å². The van der Waals surface area contributed by atoms with Crippen molar-refractivity contribution in [1.29, 1.82) is 0 Å². The maximum atomic E-state index is 12.1. The molecule has 0 saturated carbocycles. The third-order valence-corrected chi connectivity index (χ3v) is 3.24. The van der Waals surface area contributed by atoms with Crippen LogP contribution in [0, 0.1) is 0 Å². The molecule has 1 fully saturated rings. The Morgan fingerprint density at radius 1 is 1.40 bits per heavy atom. The minimum Gasteiger partial charge on any atom is -0.493 e. The number of carbonyl (C=O) groups excluding carboxylic acids is 2. The van der Waals surface area contributed by atoms with Crippen LogP contribution < -0.4 is 14.8 Å². The summed E-state index contributed by atoms with van der Waals surface area (Å²) < 4.78 is 10.6. The van der Waals surface area contributed by atoms with E-state index in [-0.39, 0.29) is 18.4 Å². The summed E-state index contributed by atoms with van der Waals surface area (Å²) >= 11 is 0. The number of nitrogens with one attached hydrogen (secondary N) is 1. The molecule has 0 bridgehead atoms. The maximum absolute atomic E-state index is 12.1. The van der Waals surface area contributed by atoms with E-state index in [0.29, 0.717) is 24.6 Å². The highest BCUT2D eigenvalue weighted by atomic mass is 16.5. The van der Waals surface area contributed by atoms with Gasteiger partial charge in [-0.25, -0.2) is 0 Å². The molecule has 1 atom stereocenters. The molecule has 6 nitrogen and oxygen atoms in total. The smallest absolute Gasteiger partial charge is 0.261 e. The molecule has 0 aromatic heterocycles. The number of benzene rings is 1. The fraction of sp³-hybridized carbons (Fsp3) is 0.429. The molecule has 2 amide bonds. The molecule has 108 valence electrons. The summed E-state index contributed by atoms with van der Waals surface area (Å²) in [6, 6.07) is 6.66. The van der Waals surface area contributed by atoms with E-state index < -0.39 is 6.04 Å². The molecule has 2 rings (SSSR count). The molecule has 1 heterocycles. The van der Waals surface area contributed by atoms with Crippen LogP contribution in [0.4, 0.5) is 0 Å². The van der Waals surface area contributed by atoms with Crippen LogP contribution >= 0.6 is 0 Å². The highest BCUT2D eigenvalue weighted by Gasteiger charge is 2.29. The van der Waals surface area contributed by atoms with E-state index in [1.165, 1.54) is 4.90 Å². The summed E-state index contributed by atoms with van der Waals surface area (Å²) in [4.78, 5) is 25.1. The summed E-state index contributed by atoms with van der Waals surface area (Å²) in [7, 11) is 1.54. The van der Waals surface area contributed by atoms with Crippen LogP contribution in [0.15, 0.2) is 24.3 Å². The lowest BCUT2D eigenvalue weighted by atomic mass is 10.2. The van der Waals surface area contributed by atoms with Crippen molar-refractivity contribution in [3.8, 4) is 11.5 Å². The van der Waals surface area contributed by atoms with Gasteiger partial charge in [-0.15, -0.1) is 0 Å². The topological polar surface area (TPSA) is 67.9 Å². The normalized spacial score (nSPS) is 18.4. The van der Waals surface area contributed by atoms with Crippen molar-refractivity contribution in [2.45, 2.75) is 13.0 Å². The monoisotopic (exact) mass is 278 g/mol. The third-order valence-electron chi connectivity index (χ3n) is 3.24. The first kappa shape index (κ1) is 14.2. The lowest BCUT2D eigenvalue weighted by Crippen LogP contribution is -2.56. The van der Waals surface area contributed by atoms with E-state index in [1.807, 2.05) is 6.07 Å². The molecule has 1 aromatic rings. The van der Waals surface area contributed by atoms with Gasteiger partial charge in [0, 0.05) is 13.1 Å². The van der Waals surface area contributed by atoms with E-state index >= 15 is 0 Å². The van der Waals surface area contributed by atoms with Crippen LogP contribution in [0.5, 0.6) is 11.5 Å². The van der Waals surface area contributed by atoms with Gasteiger partial charge in [0.2, 0.25) is 5.91 Å². The number of piperazine rings is 1. The fourth-order valence-corrected chi connectivity index (χ4v) is 2.08. The summed E-state index contributed by atoms with van der Waals surface area (Å²) in [5.74, 6) is 0.738. The number of ether oxygens (including phenoxy) is 2. The summed E-state index contributed by atoms with van der Waals surface area (Å²) in [6.45, 7) is 2.57. The number of hydrogen-bond acceptors (Lipinski definition) is 4. The van der Waals surface area contributed by atoms with Gasteiger partial charge in [-0.3, -0.25) is 9.59 Å². The predicted molar refractivity (Wildman–Crippen MR) is 72.7 cm³/mol. The zero-order valence-electron chi connectivity index (χ0n) is 11.6. The van der Waals surface area contributed by atoms with E-state index in [4.69, 9.17) is 9.47 Å². The lowest BCUT2D eigenvalue weighted by molar-refractivity contribution is -0.143. The van der Waals surface area contributed by atoms with Gasteiger partial charge in [0.1, 0.15) is 6.04 Å². The van der Waals surface area contributed by atoms with Gasteiger partial charge in [0.25, 0.3) is 5.91 Å². The number of methoxy groups -OCH3 is 1. The molecule has 0 aliphatic carbocycles. The number of amides is 2. The second-order valence-corrected chi connectivity index (χ2v) is 4.49.